The van der Waals surface area contributed by atoms with Crippen LogP contribution in [0.4, 0.5) is 13.2 Å². The normalized spacial score (nSPS) is 12.3. The Labute approximate surface area is 172 Å². The Kier molecular flexibility index (Phi) is 6.33. The lowest BCUT2D eigenvalue weighted by molar-refractivity contribution is -0.137. The van der Waals surface area contributed by atoms with Gasteiger partial charge in [0.2, 0.25) is 5.89 Å². The molecule has 2 aromatic carbocycles. The van der Waals surface area contributed by atoms with Crippen LogP contribution in [0.25, 0.3) is 11.5 Å². The molecular formula is C21H20F3NO4S. The van der Waals surface area contributed by atoms with Gasteiger partial charge in [-0.3, -0.25) is 4.18 Å². The lowest BCUT2D eigenvalue weighted by Crippen LogP contribution is -2.10. The van der Waals surface area contributed by atoms with Gasteiger partial charge in [-0.2, -0.15) is 21.6 Å². The molecule has 1 aromatic heterocycles. The van der Waals surface area contributed by atoms with Gasteiger partial charge in [0.15, 0.2) is 0 Å². The molecule has 0 aliphatic heterocycles. The van der Waals surface area contributed by atoms with Gasteiger partial charge in [0.25, 0.3) is 10.1 Å². The summed E-state index contributed by atoms with van der Waals surface area (Å²) in [7, 11) is -3.90. The molecule has 0 radical (unpaired) electrons. The van der Waals surface area contributed by atoms with Crippen molar-refractivity contribution >= 4 is 10.1 Å². The first-order chi connectivity index (χ1) is 14.1. The molecule has 3 aromatic rings. The van der Waals surface area contributed by atoms with Crippen LogP contribution in [0.15, 0.2) is 57.8 Å². The molecule has 1 heterocycles. The van der Waals surface area contributed by atoms with E-state index in [1.807, 2.05) is 13.8 Å². The number of alkyl halides is 3. The predicted octanol–water partition coefficient (Wildman–Crippen LogP) is 5.18. The second kappa shape index (κ2) is 8.61. The second-order valence-electron chi connectivity index (χ2n) is 6.66. The number of aromatic nitrogens is 1. The average Bonchev–Trinajstić information content (AvgIpc) is 3.11. The first-order valence-corrected chi connectivity index (χ1v) is 10.6. The van der Waals surface area contributed by atoms with Gasteiger partial charge in [0, 0.05) is 18.4 Å². The van der Waals surface area contributed by atoms with Crippen molar-refractivity contribution in [2.75, 3.05) is 6.61 Å². The summed E-state index contributed by atoms with van der Waals surface area (Å²) in [5.41, 5.74) is 1.08. The number of halogens is 3. The number of nitrogens with zero attached hydrogens (tertiary/aromatic N) is 1. The van der Waals surface area contributed by atoms with E-state index in [-0.39, 0.29) is 23.8 Å². The highest BCUT2D eigenvalue weighted by Gasteiger charge is 2.30. The number of aryl methyl sites for hydroxylation is 2. The molecular weight excluding hydrogens is 419 g/mol. The number of benzene rings is 2. The third-order valence-corrected chi connectivity index (χ3v) is 5.77. The van der Waals surface area contributed by atoms with Crippen LogP contribution in [0.2, 0.25) is 0 Å². The van der Waals surface area contributed by atoms with Crippen LogP contribution < -0.4 is 0 Å². The maximum absolute atomic E-state index is 12.7. The fourth-order valence-electron chi connectivity index (χ4n) is 2.80. The van der Waals surface area contributed by atoms with Gasteiger partial charge in [-0.05, 0) is 43.3 Å². The van der Waals surface area contributed by atoms with Crippen molar-refractivity contribution in [3.63, 3.8) is 0 Å². The molecule has 0 aliphatic rings. The maximum Gasteiger partial charge on any atom is 0.416 e. The molecule has 0 bridgehead atoms. The van der Waals surface area contributed by atoms with Gasteiger partial charge in [0.1, 0.15) is 5.76 Å². The number of rotatable bonds is 7. The van der Waals surface area contributed by atoms with Crippen LogP contribution in [-0.4, -0.2) is 20.0 Å². The van der Waals surface area contributed by atoms with E-state index in [1.165, 1.54) is 24.3 Å². The molecule has 0 fully saturated rings. The van der Waals surface area contributed by atoms with Crippen LogP contribution in [0.1, 0.15) is 29.5 Å². The van der Waals surface area contributed by atoms with Crippen LogP contribution >= 0.6 is 0 Å². The summed E-state index contributed by atoms with van der Waals surface area (Å²) in [5.74, 6) is 0.707. The van der Waals surface area contributed by atoms with Gasteiger partial charge >= 0.3 is 6.18 Å². The number of hydrogen-bond acceptors (Lipinski definition) is 5. The number of oxazole rings is 1. The highest BCUT2D eigenvalue weighted by Crippen LogP contribution is 2.31. The molecule has 0 saturated carbocycles. The van der Waals surface area contributed by atoms with Crippen molar-refractivity contribution in [3.05, 3.63) is 71.1 Å². The Bertz CT molecular complexity index is 1100. The number of hydrogen-bond donors (Lipinski definition) is 0. The molecule has 5 nitrogen and oxygen atoms in total. The Balaban J connectivity index is 1.71. The van der Waals surface area contributed by atoms with Crippen molar-refractivity contribution in [1.29, 1.82) is 0 Å². The van der Waals surface area contributed by atoms with E-state index in [2.05, 4.69) is 4.98 Å². The summed E-state index contributed by atoms with van der Waals surface area (Å²) in [4.78, 5) is 4.39. The molecule has 9 heteroatoms. The van der Waals surface area contributed by atoms with Crippen molar-refractivity contribution in [2.24, 2.45) is 0 Å². The van der Waals surface area contributed by atoms with E-state index in [4.69, 9.17) is 8.60 Å². The van der Waals surface area contributed by atoms with Crippen molar-refractivity contribution in [3.8, 4) is 11.5 Å². The fraction of sp³-hybridized carbons (Fsp3) is 0.286. The SMILES string of the molecule is CCc1oc(-c2ccc(C(F)(F)F)cc2)nc1CCOS(=O)(=O)c1ccc(C)cc1. The first kappa shape index (κ1) is 22.0. The highest BCUT2D eigenvalue weighted by molar-refractivity contribution is 7.86. The highest BCUT2D eigenvalue weighted by atomic mass is 32.2. The Morgan fingerprint density at radius 2 is 1.67 bits per heavy atom. The van der Waals surface area contributed by atoms with Crippen LogP contribution in [0.3, 0.4) is 0 Å². The third kappa shape index (κ3) is 5.09. The first-order valence-electron chi connectivity index (χ1n) is 9.22. The van der Waals surface area contributed by atoms with Crippen LogP contribution in [0, 0.1) is 6.92 Å². The zero-order valence-corrected chi connectivity index (χ0v) is 17.2. The Hall–Kier alpha value is -2.65. The summed E-state index contributed by atoms with van der Waals surface area (Å²) in [6.45, 7) is 3.55. The molecule has 3 rings (SSSR count). The molecule has 160 valence electrons. The molecule has 0 saturated heterocycles. The van der Waals surface area contributed by atoms with Crippen molar-refractivity contribution in [1.82, 2.24) is 4.98 Å². The fourth-order valence-corrected chi connectivity index (χ4v) is 3.71. The summed E-state index contributed by atoms with van der Waals surface area (Å²) >= 11 is 0. The quantitative estimate of drug-likeness (QED) is 0.475. The van der Waals surface area contributed by atoms with E-state index in [0.29, 0.717) is 23.4 Å². The van der Waals surface area contributed by atoms with Crippen molar-refractivity contribution < 1.29 is 30.2 Å². The summed E-state index contributed by atoms with van der Waals surface area (Å²) < 4.78 is 73.5. The maximum atomic E-state index is 12.7. The van der Waals surface area contributed by atoms with E-state index in [9.17, 15) is 21.6 Å². The minimum Gasteiger partial charge on any atom is -0.441 e. The standard InChI is InChI=1S/C21H20F3NO4S/c1-3-19-18(12-13-28-30(26,27)17-10-4-14(2)5-11-17)25-20(29-19)15-6-8-16(9-7-15)21(22,23)24/h4-11H,3,12-13H2,1-2H3. The van der Waals surface area contributed by atoms with Gasteiger partial charge in [-0.25, -0.2) is 4.98 Å². The monoisotopic (exact) mass is 439 g/mol. The lowest BCUT2D eigenvalue weighted by atomic mass is 10.1. The van der Waals surface area contributed by atoms with Crippen LogP contribution in [-0.2, 0) is 33.3 Å². The second-order valence-corrected chi connectivity index (χ2v) is 8.27. The average molecular weight is 439 g/mol. The summed E-state index contributed by atoms with van der Waals surface area (Å²) in [6, 6.07) is 10.8. The molecule has 0 aliphatic carbocycles. The summed E-state index contributed by atoms with van der Waals surface area (Å²) in [5, 5.41) is 0. The van der Waals surface area contributed by atoms with E-state index in [0.717, 1.165) is 17.7 Å². The van der Waals surface area contributed by atoms with Gasteiger partial charge in [0.05, 0.1) is 22.8 Å². The topological polar surface area (TPSA) is 69.4 Å². The van der Waals surface area contributed by atoms with E-state index >= 15 is 0 Å². The third-order valence-electron chi connectivity index (χ3n) is 4.45. The Morgan fingerprint density at radius 1 is 1.03 bits per heavy atom. The minimum atomic E-state index is -4.42. The smallest absolute Gasteiger partial charge is 0.416 e. The zero-order valence-electron chi connectivity index (χ0n) is 16.4. The molecule has 0 atom stereocenters. The van der Waals surface area contributed by atoms with Gasteiger partial charge in [-0.15, -0.1) is 0 Å². The molecule has 30 heavy (non-hydrogen) atoms. The minimum absolute atomic E-state index is 0.0643. The zero-order chi connectivity index (χ0) is 21.9. The molecule has 0 spiro atoms. The van der Waals surface area contributed by atoms with E-state index in [1.54, 1.807) is 12.1 Å². The molecule has 0 amide bonds. The van der Waals surface area contributed by atoms with Gasteiger partial charge < -0.3 is 4.42 Å². The molecule has 0 N–H and O–H groups in total. The van der Waals surface area contributed by atoms with E-state index < -0.39 is 21.9 Å². The van der Waals surface area contributed by atoms with Crippen molar-refractivity contribution in [2.45, 2.75) is 37.8 Å². The summed E-state index contributed by atoms with van der Waals surface area (Å²) in [6.07, 6.45) is -3.75. The van der Waals surface area contributed by atoms with Crippen LogP contribution in [0.5, 0.6) is 0 Å². The predicted molar refractivity (Wildman–Crippen MR) is 104 cm³/mol. The largest absolute Gasteiger partial charge is 0.441 e. The Morgan fingerprint density at radius 3 is 2.23 bits per heavy atom. The van der Waals surface area contributed by atoms with Gasteiger partial charge in [-0.1, -0.05) is 24.6 Å². The lowest BCUT2D eigenvalue weighted by Gasteiger charge is -2.06. The molecule has 0 unspecified atom stereocenters.